The van der Waals surface area contributed by atoms with Crippen molar-refractivity contribution in [2.75, 3.05) is 20.2 Å². The number of carbonyl (C=O) groups excluding carboxylic acids is 3. The van der Waals surface area contributed by atoms with Gasteiger partial charge in [-0.15, -0.1) is 0 Å². The molecule has 2 aromatic rings. The molecule has 180 valence electrons. The molecule has 1 fully saturated rings. The number of carbonyl (C=O) groups is 3. The van der Waals surface area contributed by atoms with Crippen LogP contribution in [0.3, 0.4) is 0 Å². The molecule has 12 heteroatoms. The summed E-state index contributed by atoms with van der Waals surface area (Å²) in [4.78, 5) is 53.7. The summed E-state index contributed by atoms with van der Waals surface area (Å²) in [6, 6.07) is 5.68. The van der Waals surface area contributed by atoms with E-state index in [2.05, 4.69) is 20.0 Å². The van der Waals surface area contributed by atoms with Crippen molar-refractivity contribution in [2.24, 2.45) is 5.92 Å². The molecule has 0 aliphatic carbocycles. The number of Topliss-reactive ketones (excluding diaryl/α,β-unsaturated/α-hetero) is 1. The molecule has 34 heavy (non-hydrogen) atoms. The fourth-order valence-corrected chi connectivity index (χ4v) is 3.70. The molecule has 0 spiro atoms. The molecule has 12 nitrogen and oxygen atoms in total. The van der Waals surface area contributed by atoms with E-state index in [-0.39, 0.29) is 35.3 Å². The molecule has 0 saturated carbocycles. The average Bonchev–Trinajstić information content (AvgIpc) is 2.84. The third-order valence-electron chi connectivity index (χ3n) is 5.45. The normalized spacial score (nSPS) is 14.6. The van der Waals surface area contributed by atoms with Crippen LogP contribution in [0.2, 0.25) is 0 Å². The maximum atomic E-state index is 12.1. The molecule has 1 aliphatic heterocycles. The van der Waals surface area contributed by atoms with Gasteiger partial charge in [0.1, 0.15) is 18.5 Å². The quantitative estimate of drug-likeness (QED) is 0.128. The Morgan fingerprint density at radius 2 is 1.94 bits per heavy atom. The lowest BCUT2D eigenvalue weighted by atomic mass is 9.90. The van der Waals surface area contributed by atoms with E-state index in [9.17, 15) is 24.5 Å². The third kappa shape index (κ3) is 6.32. The Kier molecular flexibility index (Phi) is 8.57. The topological polar surface area (TPSA) is 160 Å². The summed E-state index contributed by atoms with van der Waals surface area (Å²) in [5.74, 6) is -1.05. The number of benzene rings is 1. The minimum Gasteiger partial charge on any atom is -0.469 e. The Morgan fingerprint density at radius 3 is 2.56 bits per heavy atom. The Bertz CT molecular complexity index is 1040. The first-order valence-electron chi connectivity index (χ1n) is 10.6. The number of aromatic nitrogens is 2. The first-order chi connectivity index (χ1) is 16.4. The standard InChI is InChI=1S/C22H24N4O8/c1-32-19(29)11-17(28)15-2-4-16(5-3-15)34-22-21(26(30)31)20(24-12-25-22)18(33-13-27)10-14-6-8-23-9-7-14/h2-5,12-14,18,23H,6-11H2,1H3. The predicted octanol–water partition coefficient (Wildman–Crippen LogP) is 2.53. The number of hydrogen-bond donors (Lipinski definition) is 1. The van der Waals surface area contributed by atoms with Gasteiger partial charge in [0.25, 0.3) is 6.47 Å². The van der Waals surface area contributed by atoms with Gasteiger partial charge < -0.3 is 19.5 Å². The van der Waals surface area contributed by atoms with Crippen LogP contribution < -0.4 is 10.1 Å². The second-order valence-corrected chi connectivity index (χ2v) is 7.62. The van der Waals surface area contributed by atoms with Crippen LogP contribution in [0.1, 0.15) is 47.8 Å². The Labute approximate surface area is 194 Å². The minimum absolute atomic E-state index is 0.0505. The zero-order chi connectivity index (χ0) is 24.5. The fourth-order valence-electron chi connectivity index (χ4n) is 3.70. The summed E-state index contributed by atoms with van der Waals surface area (Å²) >= 11 is 0. The number of nitrogens with zero attached hydrogens (tertiary/aromatic N) is 3. The molecule has 1 unspecified atom stereocenters. The van der Waals surface area contributed by atoms with Crippen molar-refractivity contribution in [1.82, 2.24) is 15.3 Å². The Morgan fingerprint density at radius 1 is 1.24 bits per heavy atom. The molecular formula is C22H24N4O8. The van der Waals surface area contributed by atoms with Gasteiger partial charge >= 0.3 is 17.5 Å². The smallest absolute Gasteiger partial charge is 0.356 e. The highest BCUT2D eigenvalue weighted by Crippen LogP contribution is 2.38. The van der Waals surface area contributed by atoms with Gasteiger partial charge in [-0.2, -0.15) is 4.98 Å². The van der Waals surface area contributed by atoms with Crippen molar-refractivity contribution in [3.05, 3.63) is 52.0 Å². The SMILES string of the molecule is COC(=O)CC(=O)c1ccc(Oc2ncnc(C(CC3CCNCC3)OC=O)c2[N+](=O)[O-])cc1. The van der Waals surface area contributed by atoms with Crippen molar-refractivity contribution >= 4 is 23.9 Å². The van der Waals surface area contributed by atoms with E-state index in [1.165, 1.54) is 31.4 Å². The number of piperidine rings is 1. The first kappa shape index (κ1) is 24.7. The van der Waals surface area contributed by atoms with Crippen LogP contribution in [0.4, 0.5) is 5.69 Å². The van der Waals surface area contributed by atoms with Gasteiger partial charge in [-0.25, -0.2) is 4.98 Å². The van der Waals surface area contributed by atoms with Crippen molar-refractivity contribution in [1.29, 1.82) is 0 Å². The van der Waals surface area contributed by atoms with Crippen LogP contribution in [-0.4, -0.2) is 53.3 Å². The number of nitro groups is 1. The summed E-state index contributed by atoms with van der Waals surface area (Å²) in [6.07, 6.45) is 1.85. The number of nitrogens with one attached hydrogen (secondary N) is 1. The third-order valence-corrected chi connectivity index (χ3v) is 5.45. The van der Waals surface area contributed by atoms with E-state index in [1.54, 1.807) is 0 Å². The van der Waals surface area contributed by atoms with Crippen molar-refractivity contribution in [3.63, 3.8) is 0 Å². The molecule has 1 aromatic heterocycles. The lowest BCUT2D eigenvalue weighted by Crippen LogP contribution is -2.29. The van der Waals surface area contributed by atoms with Crippen molar-refractivity contribution < 1.29 is 33.5 Å². The number of ether oxygens (including phenoxy) is 3. The van der Waals surface area contributed by atoms with E-state index in [0.717, 1.165) is 32.3 Å². The Hall–Kier alpha value is -3.93. The lowest BCUT2D eigenvalue weighted by molar-refractivity contribution is -0.387. The van der Waals surface area contributed by atoms with Crippen LogP contribution in [0, 0.1) is 16.0 Å². The highest BCUT2D eigenvalue weighted by Gasteiger charge is 2.33. The van der Waals surface area contributed by atoms with E-state index in [0.29, 0.717) is 6.42 Å². The molecule has 2 heterocycles. The largest absolute Gasteiger partial charge is 0.469 e. The molecule has 0 amide bonds. The number of esters is 1. The van der Waals surface area contributed by atoms with E-state index < -0.39 is 34.9 Å². The van der Waals surface area contributed by atoms with Crippen LogP contribution >= 0.6 is 0 Å². The lowest BCUT2D eigenvalue weighted by Gasteiger charge is -2.25. The van der Waals surface area contributed by atoms with Gasteiger partial charge in [0, 0.05) is 5.56 Å². The summed E-state index contributed by atoms with van der Waals surface area (Å²) in [7, 11) is 1.19. The van der Waals surface area contributed by atoms with Gasteiger partial charge in [0.15, 0.2) is 17.6 Å². The number of methoxy groups -OCH3 is 1. The second kappa shape index (κ2) is 11.8. The Balaban J connectivity index is 1.84. The molecule has 1 aliphatic rings. The maximum absolute atomic E-state index is 12.1. The average molecular weight is 472 g/mol. The molecule has 1 saturated heterocycles. The number of rotatable bonds is 11. The van der Waals surface area contributed by atoms with Crippen LogP contribution in [0.15, 0.2) is 30.6 Å². The number of ketones is 1. The van der Waals surface area contributed by atoms with E-state index in [1.807, 2.05) is 0 Å². The first-order valence-corrected chi connectivity index (χ1v) is 10.6. The maximum Gasteiger partial charge on any atom is 0.356 e. The van der Waals surface area contributed by atoms with Gasteiger partial charge in [-0.1, -0.05) is 0 Å². The molecule has 1 N–H and O–H groups in total. The minimum atomic E-state index is -0.926. The molecule has 1 atom stereocenters. The molecule has 0 bridgehead atoms. The predicted molar refractivity (Wildman–Crippen MR) is 116 cm³/mol. The summed E-state index contributed by atoms with van der Waals surface area (Å²) in [6.45, 7) is 1.88. The van der Waals surface area contributed by atoms with Gasteiger partial charge in [-0.3, -0.25) is 24.5 Å². The monoisotopic (exact) mass is 472 g/mol. The molecule has 3 rings (SSSR count). The summed E-state index contributed by atoms with van der Waals surface area (Å²) < 4.78 is 15.3. The molecule has 0 radical (unpaired) electrons. The summed E-state index contributed by atoms with van der Waals surface area (Å²) in [5, 5.41) is 15.2. The fraction of sp³-hybridized carbons (Fsp3) is 0.409. The number of hydrogen-bond acceptors (Lipinski definition) is 11. The zero-order valence-corrected chi connectivity index (χ0v) is 18.5. The van der Waals surface area contributed by atoms with Crippen molar-refractivity contribution in [3.8, 4) is 11.6 Å². The highest BCUT2D eigenvalue weighted by molar-refractivity contribution is 6.05. The van der Waals surface area contributed by atoms with Crippen LogP contribution in [0.25, 0.3) is 0 Å². The van der Waals surface area contributed by atoms with Gasteiger partial charge in [-0.05, 0) is 62.5 Å². The zero-order valence-electron chi connectivity index (χ0n) is 18.5. The molecular weight excluding hydrogens is 448 g/mol. The highest BCUT2D eigenvalue weighted by atomic mass is 16.6. The second-order valence-electron chi connectivity index (χ2n) is 7.62. The van der Waals surface area contributed by atoms with Gasteiger partial charge in [0.2, 0.25) is 0 Å². The van der Waals surface area contributed by atoms with Crippen LogP contribution in [-0.2, 0) is 19.1 Å². The summed E-state index contributed by atoms with van der Waals surface area (Å²) in [5.41, 5.74) is -0.309. The van der Waals surface area contributed by atoms with Crippen LogP contribution in [0.5, 0.6) is 11.6 Å². The van der Waals surface area contributed by atoms with Gasteiger partial charge in [0.05, 0.1) is 12.0 Å². The molecule has 1 aromatic carbocycles. The van der Waals surface area contributed by atoms with E-state index >= 15 is 0 Å². The van der Waals surface area contributed by atoms with Crippen molar-refractivity contribution in [2.45, 2.75) is 31.8 Å². The van der Waals surface area contributed by atoms with E-state index in [4.69, 9.17) is 9.47 Å².